The van der Waals surface area contributed by atoms with E-state index in [4.69, 9.17) is 0 Å². The van der Waals surface area contributed by atoms with Crippen molar-refractivity contribution in [2.45, 2.75) is 58.3 Å². The Kier molecular flexibility index (Phi) is 4.77. The topological polar surface area (TPSA) is 37.8 Å². The fraction of sp³-hybridized carbons (Fsp3) is 0.846. The van der Waals surface area contributed by atoms with Crippen molar-refractivity contribution in [3.63, 3.8) is 0 Å². The number of hydrogen-bond donors (Lipinski definition) is 1. The lowest BCUT2D eigenvalue weighted by molar-refractivity contribution is 0.567. The van der Waals surface area contributed by atoms with Crippen molar-refractivity contribution < 1.29 is 0 Å². The summed E-state index contributed by atoms with van der Waals surface area (Å²) in [6, 6.07) is 0. The molecule has 4 heteroatoms. The van der Waals surface area contributed by atoms with E-state index >= 15 is 0 Å². The zero-order valence-corrected chi connectivity index (χ0v) is 11.7. The van der Waals surface area contributed by atoms with E-state index in [0.717, 1.165) is 17.5 Å². The molecule has 0 unspecified atom stereocenters. The van der Waals surface area contributed by atoms with Crippen LogP contribution in [0.1, 0.15) is 64.1 Å². The Labute approximate surface area is 108 Å². The molecule has 1 aromatic rings. The molecular weight excluding hydrogens is 230 g/mol. The molecule has 0 radical (unpaired) electrons. The molecule has 1 saturated carbocycles. The summed E-state index contributed by atoms with van der Waals surface area (Å²) in [6.07, 6.45) is 8.02. The highest BCUT2D eigenvalue weighted by Gasteiger charge is 2.18. The van der Waals surface area contributed by atoms with Crippen LogP contribution in [0.15, 0.2) is 0 Å². The minimum Gasteiger partial charge on any atom is -0.360 e. The monoisotopic (exact) mass is 253 g/mol. The van der Waals surface area contributed by atoms with Gasteiger partial charge in [-0.1, -0.05) is 39.5 Å². The molecule has 1 heterocycles. The molecule has 1 aliphatic rings. The number of nitrogens with one attached hydrogen (secondary N) is 1. The Morgan fingerprint density at radius 1 is 1.24 bits per heavy atom. The van der Waals surface area contributed by atoms with Crippen LogP contribution in [0.2, 0.25) is 0 Å². The molecule has 17 heavy (non-hydrogen) atoms. The molecule has 1 aliphatic carbocycles. The fourth-order valence-corrected chi connectivity index (χ4v) is 2.95. The number of hydrogen-bond acceptors (Lipinski definition) is 4. The van der Waals surface area contributed by atoms with Gasteiger partial charge in [0.1, 0.15) is 5.82 Å². The molecule has 1 aromatic heterocycles. The number of aromatic nitrogens is 2. The largest absolute Gasteiger partial charge is 0.360 e. The van der Waals surface area contributed by atoms with Gasteiger partial charge >= 0.3 is 0 Å². The van der Waals surface area contributed by atoms with Crippen LogP contribution in [0.3, 0.4) is 0 Å². The Morgan fingerprint density at radius 3 is 2.59 bits per heavy atom. The quantitative estimate of drug-likeness (QED) is 0.823. The van der Waals surface area contributed by atoms with E-state index in [1.165, 1.54) is 50.1 Å². The zero-order valence-electron chi connectivity index (χ0n) is 10.9. The second kappa shape index (κ2) is 6.34. The van der Waals surface area contributed by atoms with Crippen molar-refractivity contribution in [1.29, 1.82) is 0 Å². The van der Waals surface area contributed by atoms with Gasteiger partial charge in [-0.25, -0.2) is 4.98 Å². The zero-order chi connectivity index (χ0) is 12.1. The Bertz CT molecular complexity index is 327. The van der Waals surface area contributed by atoms with Crippen LogP contribution < -0.4 is 5.32 Å². The van der Waals surface area contributed by atoms with Gasteiger partial charge in [0.05, 0.1) is 0 Å². The van der Waals surface area contributed by atoms with Gasteiger partial charge in [-0.05, 0) is 18.8 Å². The molecule has 3 nitrogen and oxygen atoms in total. The van der Waals surface area contributed by atoms with Gasteiger partial charge in [0.15, 0.2) is 0 Å². The van der Waals surface area contributed by atoms with Gasteiger partial charge in [0, 0.05) is 24.0 Å². The molecule has 0 spiro atoms. The van der Waals surface area contributed by atoms with E-state index in [1.54, 1.807) is 0 Å². The van der Waals surface area contributed by atoms with Gasteiger partial charge in [0.2, 0.25) is 5.13 Å². The first-order valence-electron chi connectivity index (χ1n) is 6.83. The highest BCUT2D eigenvalue weighted by Crippen LogP contribution is 2.31. The molecule has 0 atom stereocenters. The van der Waals surface area contributed by atoms with Crippen LogP contribution in [-0.4, -0.2) is 15.9 Å². The van der Waals surface area contributed by atoms with Crippen LogP contribution in [-0.2, 0) is 0 Å². The molecule has 0 bridgehead atoms. The van der Waals surface area contributed by atoms with Crippen LogP contribution >= 0.6 is 11.5 Å². The van der Waals surface area contributed by atoms with Crippen LogP contribution in [0.4, 0.5) is 5.13 Å². The van der Waals surface area contributed by atoms with E-state index in [1.807, 2.05) is 0 Å². The standard InChI is InChI=1S/C13H23N3S/c1-10(2)9-14-13-15-12(16-17-13)11-7-5-3-4-6-8-11/h10-11H,3-9H2,1-2H3,(H,14,15,16). The van der Waals surface area contributed by atoms with E-state index in [-0.39, 0.29) is 0 Å². The lowest BCUT2D eigenvalue weighted by atomic mass is 10.00. The molecule has 96 valence electrons. The van der Waals surface area contributed by atoms with Gasteiger partial charge < -0.3 is 5.32 Å². The third-order valence-corrected chi connectivity index (χ3v) is 4.01. The average Bonchev–Trinajstić information content (AvgIpc) is 2.60. The summed E-state index contributed by atoms with van der Waals surface area (Å²) in [6.45, 7) is 5.40. The summed E-state index contributed by atoms with van der Waals surface area (Å²) in [7, 11) is 0. The summed E-state index contributed by atoms with van der Waals surface area (Å²) in [5.41, 5.74) is 0. The molecule has 2 rings (SSSR count). The molecule has 1 fully saturated rings. The van der Waals surface area contributed by atoms with Crippen molar-refractivity contribution >= 4 is 16.7 Å². The van der Waals surface area contributed by atoms with Gasteiger partial charge in [-0.15, -0.1) is 0 Å². The SMILES string of the molecule is CC(C)CNc1nc(C2CCCCCC2)ns1. The second-order valence-corrected chi connectivity index (χ2v) is 6.17. The van der Waals surface area contributed by atoms with Gasteiger partial charge in [-0.2, -0.15) is 4.37 Å². The minimum absolute atomic E-state index is 0.614. The maximum absolute atomic E-state index is 4.64. The third kappa shape index (κ3) is 3.95. The Hall–Kier alpha value is -0.640. The summed E-state index contributed by atoms with van der Waals surface area (Å²) < 4.78 is 4.53. The molecule has 1 N–H and O–H groups in total. The van der Waals surface area contributed by atoms with Gasteiger partial charge in [0.25, 0.3) is 0 Å². The van der Waals surface area contributed by atoms with E-state index in [0.29, 0.717) is 11.8 Å². The Morgan fingerprint density at radius 2 is 1.94 bits per heavy atom. The highest BCUT2D eigenvalue weighted by molar-refractivity contribution is 7.09. The van der Waals surface area contributed by atoms with Crippen molar-refractivity contribution in [2.24, 2.45) is 5.92 Å². The maximum atomic E-state index is 4.64. The summed E-state index contributed by atoms with van der Waals surface area (Å²) in [5.74, 6) is 2.35. The molecule has 0 aromatic carbocycles. The van der Waals surface area contributed by atoms with Crippen LogP contribution in [0.25, 0.3) is 0 Å². The van der Waals surface area contributed by atoms with Crippen molar-refractivity contribution in [1.82, 2.24) is 9.36 Å². The van der Waals surface area contributed by atoms with Crippen LogP contribution in [0, 0.1) is 5.92 Å². The van der Waals surface area contributed by atoms with Crippen molar-refractivity contribution in [3.8, 4) is 0 Å². The second-order valence-electron chi connectivity index (χ2n) is 5.42. The molecule has 0 aliphatic heterocycles. The summed E-state index contributed by atoms with van der Waals surface area (Å²) >= 11 is 1.52. The number of nitrogens with zero attached hydrogens (tertiary/aromatic N) is 2. The lowest BCUT2D eigenvalue weighted by Crippen LogP contribution is -2.08. The van der Waals surface area contributed by atoms with Crippen molar-refractivity contribution in [3.05, 3.63) is 5.82 Å². The van der Waals surface area contributed by atoms with E-state index < -0.39 is 0 Å². The first kappa shape index (κ1) is 12.8. The summed E-state index contributed by atoms with van der Waals surface area (Å²) in [4.78, 5) is 4.64. The summed E-state index contributed by atoms with van der Waals surface area (Å²) in [5, 5.41) is 4.36. The van der Waals surface area contributed by atoms with E-state index in [2.05, 4.69) is 28.5 Å². The first-order chi connectivity index (χ1) is 8.25. The predicted octanol–water partition coefficient (Wildman–Crippen LogP) is 4.04. The minimum atomic E-state index is 0.614. The molecule has 0 amide bonds. The molecular formula is C13H23N3S. The molecule has 0 saturated heterocycles. The van der Waals surface area contributed by atoms with E-state index in [9.17, 15) is 0 Å². The smallest absolute Gasteiger partial charge is 0.202 e. The fourth-order valence-electron chi connectivity index (χ4n) is 2.30. The predicted molar refractivity (Wildman–Crippen MR) is 73.7 cm³/mol. The normalized spacial score (nSPS) is 18.3. The number of rotatable bonds is 4. The average molecular weight is 253 g/mol. The highest BCUT2D eigenvalue weighted by atomic mass is 32.1. The van der Waals surface area contributed by atoms with Crippen molar-refractivity contribution in [2.75, 3.05) is 11.9 Å². The third-order valence-electron chi connectivity index (χ3n) is 3.32. The lowest BCUT2D eigenvalue weighted by Gasteiger charge is -2.08. The maximum Gasteiger partial charge on any atom is 0.202 e. The Balaban J connectivity index is 1.92. The van der Waals surface area contributed by atoms with Crippen LogP contribution in [0.5, 0.6) is 0 Å². The number of anilines is 1. The first-order valence-corrected chi connectivity index (χ1v) is 7.60. The van der Waals surface area contributed by atoms with Gasteiger partial charge in [-0.3, -0.25) is 0 Å².